The van der Waals surface area contributed by atoms with Crippen molar-refractivity contribution in [1.82, 2.24) is 0 Å². The Balaban J connectivity index is 1.84. The lowest BCUT2D eigenvalue weighted by atomic mass is 10.1. The smallest absolute Gasteiger partial charge is 0.174 e. The molecule has 0 spiro atoms. The van der Waals surface area contributed by atoms with E-state index in [0.29, 0.717) is 5.75 Å². The fourth-order valence-corrected chi connectivity index (χ4v) is 1.68. The topological polar surface area (TPSA) is 26.3 Å². The Hall–Kier alpha value is -2.16. The Kier molecular flexibility index (Phi) is 4.29. The van der Waals surface area contributed by atoms with Gasteiger partial charge in [0.1, 0.15) is 18.2 Å². The monoisotopic (exact) mass is 258 g/mol. The van der Waals surface area contributed by atoms with Crippen molar-refractivity contribution < 1.29 is 13.9 Å². The fraction of sp³-hybridized carbons (Fsp3) is 0.188. The molecule has 0 saturated heterocycles. The summed E-state index contributed by atoms with van der Waals surface area (Å²) in [5, 5.41) is 0. The summed E-state index contributed by atoms with van der Waals surface area (Å²) in [6.07, 6.45) is 0.256. The fourth-order valence-electron chi connectivity index (χ4n) is 1.68. The number of carbonyl (C=O) groups is 1. The maximum absolute atomic E-state index is 12.7. The van der Waals surface area contributed by atoms with Crippen LogP contribution in [0.2, 0.25) is 0 Å². The van der Waals surface area contributed by atoms with Crippen molar-refractivity contribution in [2.75, 3.05) is 6.61 Å². The summed E-state index contributed by atoms with van der Waals surface area (Å²) in [5.74, 6) is 0.345. The van der Waals surface area contributed by atoms with Crippen molar-refractivity contribution in [1.29, 1.82) is 0 Å². The van der Waals surface area contributed by atoms with Crippen molar-refractivity contribution in [3.8, 4) is 5.75 Å². The molecule has 2 aromatic rings. The van der Waals surface area contributed by atoms with Gasteiger partial charge in [-0.25, -0.2) is 4.39 Å². The van der Waals surface area contributed by atoms with Gasteiger partial charge in [0.05, 0.1) is 0 Å². The normalized spacial score (nSPS) is 10.2. The van der Waals surface area contributed by atoms with Crippen molar-refractivity contribution >= 4 is 5.78 Å². The summed E-state index contributed by atoms with van der Waals surface area (Å²) in [6.45, 7) is 2.02. The molecule has 0 radical (unpaired) electrons. The molecule has 0 N–H and O–H groups in total. The summed E-state index contributed by atoms with van der Waals surface area (Å²) < 4.78 is 18.1. The first-order valence-corrected chi connectivity index (χ1v) is 6.09. The lowest BCUT2D eigenvalue weighted by Crippen LogP contribution is -2.13. The minimum absolute atomic E-state index is 0.0282. The van der Waals surface area contributed by atoms with Crippen LogP contribution in [0, 0.1) is 12.7 Å². The molecule has 0 aromatic heterocycles. The molecule has 2 rings (SSSR count). The Bertz CT molecular complexity index is 544. The molecule has 0 saturated carbocycles. The van der Waals surface area contributed by atoms with E-state index in [4.69, 9.17) is 4.74 Å². The summed E-state index contributed by atoms with van der Waals surface area (Å²) in [7, 11) is 0. The third-order valence-corrected chi connectivity index (χ3v) is 2.74. The molecule has 0 aliphatic heterocycles. The van der Waals surface area contributed by atoms with E-state index in [2.05, 4.69) is 0 Å². The predicted octanol–water partition coefficient (Wildman–Crippen LogP) is 3.32. The summed E-state index contributed by atoms with van der Waals surface area (Å²) in [4.78, 5) is 11.7. The van der Waals surface area contributed by atoms with E-state index in [1.807, 2.05) is 31.2 Å². The van der Waals surface area contributed by atoms with Gasteiger partial charge in [0.25, 0.3) is 0 Å². The van der Waals surface area contributed by atoms with Crippen LogP contribution in [0.4, 0.5) is 4.39 Å². The molecule has 2 aromatic carbocycles. The maximum atomic E-state index is 12.7. The molecule has 98 valence electrons. The van der Waals surface area contributed by atoms with Gasteiger partial charge >= 0.3 is 0 Å². The number of aryl methyl sites for hydroxylation is 1. The molecular formula is C16H15FO2. The molecule has 0 aliphatic rings. The van der Waals surface area contributed by atoms with Gasteiger partial charge in [0, 0.05) is 6.42 Å². The van der Waals surface area contributed by atoms with Crippen molar-refractivity contribution in [2.45, 2.75) is 13.3 Å². The standard InChI is InChI=1S/C16H15FO2/c1-12-2-8-16(9-3-12)19-11-15(18)10-13-4-6-14(17)7-5-13/h2-9H,10-11H2,1H3. The molecule has 19 heavy (non-hydrogen) atoms. The van der Waals surface area contributed by atoms with Crippen LogP contribution >= 0.6 is 0 Å². The van der Waals surface area contributed by atoms with Gasteiger partial charge in [-0.2, -0.15) is 0 Å². The lowest BCUT2D eigenvalue weighted by Gasteiger charge is -2.06. The van der Waals surface area contributed by atoms with Crippen LogP contribution in [0.5, 0.6) is 5.75 Å². The number of rotatable bonds is 5. The average Bonchev–Trinajstić information content (AvgIpc) is 2.41. The van der Waals surface area contributed by atoms with Gasteiger partial charge < -0.3 is 4.74 Å². The molecule has 0 fully saturated rings. The third kappa shape index (κ3) is 4.21. The second kappa shape index (κ2) is 6.14. The van der Waals surface area contributed by atoms with Crippen molar-refractivity contribution in [3.63, 3.8) is 0 Å². The van der Waals surface area contributed by atoms with E-state index in [1.165, 1.54) is 12.1 Å². The van der Waals surface area contributed by atoms with E-state index in [9.17, 15) is 9.18 Å². The van der Waals surface area contributed by atoms with Crippen LogP contribution in [0.15, 0.2) is 48.5 Å². The Labute approximate surface area is 111 Å². The molecule has 2 nitrogen and oxygen atoms in total. The SMILES string of the molecule is Cc1ccc(OCC(=O)Cc2ccc(F)cc2)cc1. The number of hydrogen-bond donors (Lipinski definition) is 0. The van der Waals surface area contributed by atoms with E-state index in [0.717, 1.165) is 11.1 Å². The second-order valence-corrected chi connectivity index (χ2v) is 4.44. The molecule has 0 atom stereocenters. The number of hydrogen-bond acceptors (Lipinski definition) is 2. The first-order valence-electron chi connectivity index (χ1n) is 6.09. The van der Waals surface area contributed by atoms with Gasteiger partial charge in [0.2, 0.25) is 0 Å². The molecular weight excluding hydrogens is 243 g/mol. The number of carbonyl (C=O) groups excluding carboxylic acids is 1. The minimum Gasteiger partial charge on any atom is -0.486 e. The van der Waals surface area contributed by atoms with Gasteiger partial charge in [-0.1, -0.05) is 29.8 Å². The molecule has 3 heteroatoms. The highest BCUT2D eigenvalue weighted by atomic mass is 19.1. The van der Waals surface area contributed by atoms with Crippen LogP contribution in [-0.4, -0.2) is 12.4 Å². The summed E-state index contributed by atoms with van der Waals surface area (Å²) in [5.41, 5.74) is 1.93. The van der Waals surface area contributed by atoms with Gasteiger partial charge in [0.15, 0.2) is 5.78 Å². The Morgan fingerprint density at radius 3 is 2.32 bits per heavy atom. The number of ketones is 1. The maximum Gasteiger partial charge on any atom is 0.174 e. The highest BCUT2D eigenvalue weighted by molar-refractivity contribution is 5.82. The first kappa shape index (κ1) is 13.3. The third-order valence-electron chi connectivity index (χ3n) is 2.74. The van der Waals surface area contributed by atoms with E-state index >= 15 is 0 Å². The molecule has 0 unspecified atom stereocenters. The van der Waals surface area contributed by atoms with Gasteiger partial charge in [-0.05, 0) is 36.8 Å². The van der Waals surface area contributed by atoms with Crippen molar-refractivity contribution in [2.24, 2.45) is 0 Å². The van der Waals surface area contributed by atoms with Crippen molar-refractivity contribution in [3.05, 3.63) is 65.5 Å². The number of Topliss-reactive ketones (excluding diaryl/α,β-unsaturated/α-hetero) is 1. The molecule has 0 aliphatic carbocycles. The van der Waals surface area contributed by atoms with Crippen LogP contribution in [0.25, 0.3) is 0 Å². The molecule has 0 amide bonds. The average molecular weight is 258 g/mol. The first-order chi connectivity index (χ1) is 9.13. The van der Waals surface area contributed by atoms with Crippen LogP contribution < -0.4 is 4.74 Å². The largest absolute Gasteiger partial charge is 0.486 e. The zero-order valence-corrected chi connectivity index (χ0v) is 10.7. The lowest BCUT2D eigenvalue weighted by molar-refractivity contribution is -0.120. The van der Waals surface area contributed by atoms with Crippen LogP contribution in [-0.2, 0) is 11.2 Å². The zero-order valence-electron chi connectivity index (χ0n) is 10.7. The highest BCUT2D eigenvalue weighted by Crippen LogP contribution is 2.11. The summed E-state index contributed by atoms with van der Waals surface area (Å²) >= 11 is 0. The summed E-state index contributed by atoms with van der Waals surface area (Å²) in [6, 6.07) is 13.5. The number of ether oxygens (including phenoxy) is 1. The second-order valence-electron chi connectivity index (χ2n) is 4.44. The zero-order chi connectivity index (χ0) is 13.7. The van der Waals surface area contributed by atoms with Gasteiger partial charge in [-0.15, -0.1) is 0 Å². The van der Waals surface area contributed by atoms with Gasteiger partial charge in [-0.3, -0.25) is 4.79 Å². The molecule has 0 bridgehead atoms. The molecule has 0 heterocycles. The Morgan fingerprint density at radius 1 is 1.05 bits per heavy atom. The van der Waals surface area contributed by atoms with Crippen LogP contribution in [0.3, 0.4) is 0 Å². The number of benzene rings is 2. The highest BCUT2D eigenvalue weighted by Gasteiger charge is 2.05. The number of halogens is 1. The Morgan fingerprint density at radius 2 is 1.68 bits per heavy atom. The van der Waals surface area contributed by atoms with Crippen LogP contribution in [0.1, 0.15) is 11.1 Å². The van der Waals surface area contributed by atoms with E-state index in [-0.39, 0.29) is 24.6 Å². The van der Waals surface area contributed by atoms with E-state index in [1.54, 1.807) is 12.1 Å². The van der Waals surface area contributed by atoms with E-state index < -0.39 is 0 Å². The minimum atomic E-state index is -0.299. The quantitative estimate of drug-likeness (QED) is 0.822. The predicted molar refractivity (Wildman–Crippen MR) is 71.8 cm³/mol.